The highest BCUT2D eigenvalue weighted by Crippen LogP contribution is 2.40. The smallest absolute Gasteiger partial charge is 0.269 e. The zero-order valence-electron chi connectivity index (χ0n) is 17.9. The van der Waals surface area contributed by atoms with Crippen molar-refractivity contribution in [2.24, 2.45) is 11.5 Å². The van der Waals surface area contributed by atoms with Crippen LogP contribution in [-0.4, -0.2) is 27.6 Å². The Morgan fingerprint density at radius 3 is 2.41 bits per heavy atom. The fraction of sp³-hybridized carbons (Fsp3) is 0.240. The van der Waals surface area contributed by atoms with E-state index in [9.17, 15) is 4.79 Å². The maximum Gasteiger partial charge on any atom is 0.269 e. The van der Waals surface area contributed by atoms with Crippen LogP contribution in [-0.2, 0) is 16.9 Å². The lowest BCUT2D eigenvalue weighted by Gasteiger charge is -2.38. The number of rotatable bonds is 6. The van der Waals surface area contributed by atoms with Crippen molar-refractivity contribution in [3.05, 3.63) is 77.5 Å². The first-order valence-corrected chi connectivity index (χ1v) is 10.7. The number of nitrogens with zero attached hydrogens (tertiary/aromatic N) is 3. The van der Waals surface area contributed by atoms with Gasteiger partial charge in [-0.05, 0) is 30.9 Å². The lowest BCUT2D eigenvalue weighted by atomic mass is 9.72. The normalized spacial score (nSPS) is 14.9. The molecule has 7 nitrogen and oxygen atoms in total. The number of amides is 1. The minimum absolute atomic E-state index is 0.163. The summed E-state index contributed by atoms with van der Waals surface area (Å²) in [6, 6.07) is 19.8. The van der Waals surface area contributed by atoms with Gasteiger partial charge in [0.15, 0.2) is 5.65 Å². The Labute approximate surface area is 186 Å². The van der Waals surface area contributed by atoms with Crippen molar-refractivity contribution in [2.75, 3.05) is 7.11 Å². The van der Waals surface area contributed by atoms with E-state index in [-0.39, 0.29) is 17.8 Å². The van der Waals surface area contributed by atoms with E-state index in [2.05, 4.69) is 29.4 Å². The fourth-order valence-electron chi connectivity index (χ4n) is 4.33. The molecule has 2 aromatic carbocycles. The van der Waals surface area contributed by atoms with Gasteiger partial charge in [-0.2, -0.15) is 5.10 Å². The summed E-state index contributed by atoms with van der Waals surface area (Å²) in [5.41, 5.74) is 18.0. The van der Waals surface area contributed by atoms with Crippen LogP contribution in [0.2, 0.25) is 0 Å². The first-order chi connectivity index (χ1) is 15.5. The predicted molar refractivity (Wildman–Crippen MR) is 123 cm³/mol. The van der Waals surface area contributed by atoms with Gasteiger partial charge in [-0.25, -0.2) is 9.50 Å². The molecule has 0 aliphatic heterocycles. The highest BCUT2D eigenvalue weighted by atomic mass is 16.5. The van der Waals surface area contributed by atoms with E-state index < -0.39 is 5.91 Å². The Balaban J connectivity index is 1.74. The third-order valence-electron chi connectivity index (χ3n) is 6.24. The number of nitrogens with two attached hydrogens (primary N) is 2. The zero-order valence-corrected chi connectivity index (χ0v) is 17.9. The van der Waals surface area contributed by atoms with Crippen LogP contribution in [0.1, 0.15) is 40.9 Å². The Morgan fingerprint density at radius 1 is 1.09 bits per heavy atom. The maximum absolute atomic E-state index is 12.0. The average molecular weight is 428 g/mol. The molecular weight excluding hydrogens is 402 g/mol. The van der Waals surface area contributed by atoms with Crippen molar-refractivity contribution in [1.29, 1.82) is 0 Å². The summed E-state index contributed by atoms with van der Waals surface area (Å²) in [7, 11) is 1.60. The second kappa shape index (κ2) is 7.85. The van der Waals surface area contributed by atoms with Gasteiger partial charge in [0.2, 0.25) is 0 Å². The summed E-state index contributed by atoms with van der Waals surface area (Å²) in [6.45, 7) is 0.283. The first-order valence-electron chi connectivity index (χ1n) is 10.7. The number of carbonyl (C=O) groups is 1. The zero-order chi connectivity index (χ0) is 22.3. The Kier molecular flexibility index (Phi) is 5.00. The van der Waals surface area contributed by atoms with Gasteiger partial charge in [-0.3, -0.25) is 4.79 Å². The molecule has 7 heteroatoms. The average Bonchev–Trinajstić information content (AvgIpc) is 3.18. The van der Waals surface area contributed by atoms with E-state index >= 15 is 0 Å². The molecule has 32 heavy (non-hydrogen) atoms. The van der Waals surface area contributed by atoms with Crippen LogP contribution >= 0.6 is 0 Å². The molecule has 162 valence electrons. The molecule has 4 N–H and O–H groups in total. The standard InChI is InChI=1S/C25H25N5O2/c1-32-15-18-14-20(23(26)31)29-30-22(17-6-3-2-4-7-17)21(28-24(18)30)16-8-10-19(11-9-16)25(27)12-5-13-25/h2-4,6-11,14H,5,12-13,15,27H2,1H3,(H2,26,31). The van der Waals surface area contributed by atoms with Gasteiger partial charge in [0.25, 0.3) is 5.91 Å². The SMILES string of the molecule is COCc1cc(C(N)=O)nn2c(-c3ccccc3)c(-c3ccc(C4(N)CCC4)cc3)nc12. The van der Waals surface area contributed by atoms with E-state index in [0.717, 1.165) is 46.5 Å². The number of methoxy groups -OCH3 is 1. The summed E-state index contributed by atoms with van der Waals surface area (Å²) in [6.07, 6.45) is 3.19. The molecule has 1 aliphatic rings. The third-order valence-corrected chi connectivity index (χ3v) is 6.24. The Morgan fingerprint density at radius 2 is 1.81 bits per heavy atom. The molecule has 0 saturated heterocycles. The quantitative estimate of drug-likeness (QED) is 0.488. The maximum atomic E-state index is 12.0. The van der Waals surface area contributed by atoms with Crippen molar-refractivity contribution in [3.8, 4) is 22.5 Å². The molecular formula is C25H25N5O2. The summed E-state index contributed by atoms with van der Waals surface area (Å²) in [5, 5.41) is 4.52. The lowest BCUT2D eigenvalue weighted by Crippen LogP contribution is -2.43. The molecule has 0 spiro atoms. The molecule has 0 bridgehead atoms. The molecule has 0 atom stereocenters. The summed E-state index contributed by atoms with van der Waals surface area (Å²) >= 11 is 0. The highest BCUT2D eigenvalue weighted by molar-refractivity contribution is 5.92. The summed E-state index contributed by atoms with van der Waals surface area (Å²) in [4.78, 5) is 16.9. The predicted octanol–water partition coefficient (Wildman–Crippen LogP) is 3.65. The van der Waals surface area contributed by atoms with Crippen LogP contribution in [0.5, 0.6) is 0 Å². The van der Waals surface area contributed by atoms with Gasteiger partial charge in [0.1, 0.15) is 11.4 Å². The van der Waals surface area contributed by atoms with Crippen molar-refractivity contribution in [1.82, 2.24) is 14.6 Å². The number of hydrogen-bond donors (Lipinski definition) is 2. The van der Waals surface area contributed by atoms with Gasteiger partial charge in [0.05, 0.1) is 12.3 Å². The molecule has 4 aromatic rings. The molecule has 5 rings (SSSR count). The highest BCUT2D eigenvalue weighted by Gasteiger charge is 2.34. The number of imidazole rings is 1. The number of ether oxygens (including phenoxy) is 1. The van der Waals surface area contributed by atoms with Gasteiger partial charge in [-0.15, -0.1) is 0 Å². The second-order valence-electron chi connectivity index (χ2n) is 8.35. The van der Waals surface area contributed by atoms with Crippen LogP contribution in [0.3, 0.4) is 0 Å². The first kappa shape index (κ1) is 20.4. The minimum atomic E-state index is -0.600. The van der Waals surface area contributed by atoms with Crippen LogP contribution in [0.25, 0.3) is 28.2 Å². The number of fused-ring (bicyclic) bond motifs is 1. The molecule has 1 amide bonds. The van der Waals surface area contributed by atoms with Gasteiger partial charge < -0.3 is 16.2 Å². The second-order valence-corrected chi connectivity index (χ2v) is 8.35. The van der Waals surface area contributed by atoms with Crippen LogP contribution < -0.4 is 11.5 Å². The van der Waals surface area contributed by atoms with Gasteiger partial charge in [0, 0.05) is 29.3 Å². The molecule has 1 fully saturated rings. The molecule has 1 saturated carbocycles. The number of primary amides is 1. The molecule has 2 aromatic heterocycles. The van der Waals surface area contributed by atoms with E-state index in [0.29, 0.717) is 5.65 Å². The fourth-order valence-corrected chi connectivity index (χ4v) is 4.33. The summed E-state index contributed by atoms with van der Waals surface area (Å²) < 4.78 is 7.05. The lowest BCUT2D eigenvalue weighted by molar-refractivity contribution is 0.0994. The number of aromatic nitrogens is 3. The van der Waals surface area contributed by atoms with Crippen molar-refractivity contribution >= 4 is 11.6 Å². The molecule has 0 radical (unpaired) electrons. The molecule has 2 heterocycles. The Bertz CT molecular complexity index is 1290. The van der Waals surface area contributed by atoms with E-state index in [4.69, 9.17) is 21.2 Å². The summed E-state index contributed by atoms with van der Waals surface area (Å²) in [5.74, 6) is -0.600. The van der Waals surface area contributed by atoms with Crippen molar-refractivity contribution in [3.63, 3.8) is 0 Å². The monoisotopic (exact) mass is 427 g/mol. The van der Waals surface area contributed by atoms with E-state index in [1.54, 1.807) is 17.7 Å². The third kappa shape index (κ3) is 3.36. The number of benzene rings is 2. The van der Waals surface area contributed by atoms with Gasteiger partial charge in [-0.1, -0.05) is 54.6 Å². The van der Waals surface area contributed by atoms with Crippen LogP contribution in [0.15, 0.2) is 60.7 Å². The molecule has 1 aliphatic carbocycles. The van der Waals surface area contributed by atoms with Crippen LogP contribution in [0, 0.1) is 0 Å². The minimum Gasteiger partial charge on any atom is -0.380 e. The van der Waals surface area contributed by atoms with Crippen LogP contribution in [0.4, 0.5) is 0 Å². The largest absolute Gasteiger partial charge is 0.380 e. The Hall–Kier alpha value is -3.55. The van der Waals surface area contributed by atoms with E-state index in [1.165, 1.54) is 6.42 Å². The topological polar surface area (TPSA) is 109 Å². The van der Waals surface area contributed by atoms with Crippen molar-refractivity contribution in [2.45, 2.75) is 31.4 Å². The van der Waals surface area contributed by atoms with E-state index in [1.807, 2.05) is 30.3 Å². The van der Waals surface area contributed by atoms with Gasteiger partial charge >= 0.3 is 0 Å². The van der Waals surface area contributed by atoms with Crippen molar-refractivity contribution < 1.29 is 9.53 Å². The number of carbonyl (C=O) groups excluding carboxylic acids is 1. The number of hydrogen-bond acceptors (Lipinski definition) is 5. The molecule has 0 unspecified atom stereocenters.